The zero-order valence-electron chi connectivity index (χ0n) is 45.5. The first kappa shape index (κ1) is 59.8. The quantitative estimate of drug-likeness (QED) is 0.0110. The second-order valence-corrected chi connectivity index (χ2v) is 19.1. The molecule has 0 radical (unpaired) electrons. The van der Waals surface area contributed by atoms with Crippen molar-refractivity contribution in [1.82, 2.24) is 30.0 Å². The molecule has 2 fully saturated rings. The van der Waals surface area contributed by atoms with Gasteiger partial charge in [0, 0.05) is 15.6 Å². The monoisotopic (exact) mass is 1160 g/mol. The molecule has 9 rings (SSSR count). The van der Waals surface area contributed by atoms with Crippen molar-refractivity contribution < 1.29 is 71.3 Å². The summed E-state index contributed by atoms with van der Waals surface area (Å²) in [7, 11) is 1.72. The first-order valence-corrected chi connectivity index (χ1v) is 26.8. The van der Waals surface area contributed by atoms with Crippen LogP contribution in [0.2, 0.25) is 5.82 Å². The predicted molar refractivity (Wildman–Crippen MR) is 296 cm³/mol. The second-order valence-electron chi connectivity index (χ2n) is 19.1. The van der Waals surface area contributed by atoms with Crippen LogP contribution in [0.4, 0.5) is 0 Å². The molecule has 27 nitrogen and oxygen atoms in total. The molecule has 2 aliphatic heterocycles. The summed E-state index contributed by atoms with van der Waals surface area (Å²) in [6, 6.07) is 40.6. The molecule has 0 spiro atoms. The van der Waals surface area contributed by atoms with Crippen molar-refractivity contribution in [2.24, 2.45) is 10.2 Å². The lowest BCUT2D eigenvalue weighted by Crippen LogP contribution is -2.62. The standard InChI is InChI=1S/C57H55BN12O15/c58-45-48(83-53(73)38-20-10-3-11-21-38)46(81-51(71)36-16-6-1-7-17-36)43(30-61-65-59)79-56(45)77-34-41-32-69(67-63-41)26-28-76-29-27-70-33-42(64-68-70)35-78-57-50(85-55(75)40-24-14-5-15-25-40)49(84-54(74)39-22-12-4-13-23-39)47(44(80-57)31-62-66-60)82-52(72)37-18-8-2-9-19-37/h1-25,32-33,43-50,56-57H,26-31,34-35,58H2/t43-,44-,45+,46-,47-,48-,49+,50+,56-,57-/m1/s1. The Morgan fingerprint density at radius 2 is 0.800 bits per heavy atom. The van der Waals surface area contributed by atoms with E-state index in [-0.39, 0.29) is 67.3 Å². The molecule has 2 aromatic heterocycles. The van der Waals surface area contributed by atoms with Crippen molar-refractivity contribution in [3.63, 3.8) is 0 Å². The number of carbonyl (C=O) groups is 5. The molecule has 10 atom stereocenters. The number of azide groups is 2. The Balaban J connectivity index is 0.810. The highest BCUT2D eigenvalue weighted by Crippen LogP contribution is 2.36. The molecule has 7 aromatic rings. The number of benzene rings is 5. The maximum Gasteiger partial charge on any atom is 0.338 e. The van der Waals surface area contributed by atoms with Gasteiger partial charge in [-0.05, 0) is 71.7 Å². The van der Waals surface area contributed by atoms with Crippen LogP contribution < -0.4 is 0 Å². The van der Waals surface area contributed by atoms with E-state index in [0.717, 1.165) is 0 Å². The molecule has 85 heavy (non-hydrogen) atoms. The number of hydrogen-bond acceptors (Lipinski definition) is 21. The maximum absolute atomic E-state index is 13.8. The van der Waals surface area contributed by atoms with Crippen LogP contribution in [-0.2, 0) is 73.7 Å². The fraction of sp³-hybridized carbons (Fsp3) is 0.316. The Morgan fingerprint density at radius 1 is 0.471 bits per heavy atom. The molecule has 0 bridgehead atoms. The van der Waals surface area contributed by atoms with Gasteiger partial charge < -0.3 is 47.4 Å². The molecule has 436 valence electrons. The fourth-order valence-electron chi connectivity index (χ4n) is 9.10. The Morgan fingerprint density at radius 3 is 1.19 bits per heavy atom. The number of hydrogen-bond donors (Lipinski definition) is 0. The van der Waals surface area contributed by atoms with E-state index in [1.54, 1.807) is 140 Å². The Kier molecular flexibility index (Phi) is 21.1. The van der Waals surface area contributed by atoms with Gasteiger partial charge in [-0.3, -0.25) is 0 Å². The minimum atomic E-state index is -1.58. The highest BCUT2D eigenvalue weighted by atomic mass is 16.7. The van der Waals surface area contributed by atoms with E-state index in [4.69, 9.17) is 47.4 Å². The van der Waals surface area contributed by atoms with Crippen LogP contribution in [0.25, 0.3) is 20.9 Å². The summed E-state index contributed by atoms with van der Waals surface area (Å²) in [6.07, 6.45) is -8.60. The average Bonchev–Trinajstić information content (AvgIpc) is 2.76. The molecule has 0 amide bonds. The van der Waals surface area contributed by atoms with Crippen LogP contribution in [-0.4, -0.2) is 149 Å². The SMILES string of the molecule is B[C@@H]1[C@H](OCc2cn(CCOCCn3cc(CO[C@@H]4O[C@H](CN=[N+]=[N-])[C@@H](OC(=O)c5ccccc5)[C@H](OC(=O)c5ccccc5)[C@@H]4OC(=O)c4ccccc4)nn3)nn2)O[C@H](CN=[N+]=[N-])[C@@H](OC(=O)c2ccccc2)[C@@H]1OC(=O)c1ccccc1. The Bertz CT molecular complexity index is 3430. The van der Waals surface area contributed by atoms with Gasteiger partial charge in [0.15, 0.2) is 37.0 Å². The molecule has 4 heterocycles. The van der Waals surface area contributed by atoms with Crippen LogP contribution in [0.5, 0.6) is 0 Å². The zero-order valence-corrected chi connectivity index (χ0v) is 45.5. The van der Waals surface area contributed by atoms with Crippen LogP contribution >= 0.6 is 0 Å². The lowest BCUT2D eigenvalue weighted by Gasteiger charge is -2.44. The number of rotatable bonds is 26. The average molecular weight is 1160 g/mol. The first-order chi connectivity index (χ1) is 41.5. The lowest BCUT2D eigenvalue weighted by atomic mass is 9.76. The van der Waals surface area contributed by atoms with E-state index in [1.165, 1.54) is 41.1 Å². The van der Waals surface area contributed by atoms with E-state index in [9.17, 15) is 35.0 Å². The molecule has 0 N–H and O–H groups in total. The summed E-state index contributed by atoms with van der Waals surface area (Å²) >= 11 is 0. The topological polar surface area (TPSA) is 337 Å². The fourth-order valence-corrected chi connectivity index (χ4v) is 9.10. The van der Waals surface area contributed by atoms with Crippen molar-refractivity contribution in [3.8, 4) is 0 Å². The van der Waals surface area contributed by atoms with Crippen LogP contribution in [0, 0.1) is 0 Å². The van der Waals surface area contributed by atoms with E-state index in [2.05, 4.69) is 40.7 Å². The first-order valence-electron chi connectivity index (χ1n) is 26.8. The molecule has 0 saturated carbocycles. The zero-order chi connectivity index (χ0) is 59.3. The van der Waals surface area contributed by atoms with Gasteiger partial charge in [-0.1, -0.05) is 112 Å². The van der Waals surface area contributed by atoms with E-state index in [0.29, 0.717) is 17.9 Å². The minimum absolute atomic E-state index is 0.0913. The molecule has 2 aliphatic rings. The highest BCUT2D eigenvalue weighted by Gasteiger charge is 2.53. The predicted octanol–water partition coefficient (Wildman–Crippen LogP) is 6.24. The maximum atomic E-state index is 13.8. The summed E-state index contributed by atoms with van der Waals surface area (Å²) in [4.78, 5) is 73.8. The number of aromatic nitrogens is 6. The molecule has 0 aliphatic carbocycles. The second kappa shape index (κ2) is 30.0. The molecule has 0 unspecified atom stereocenters. The van der Waals surface area contributed by atoms with Gasteiger partial charge in [0.05, 0.1) is 92.8 Å². The third-order valence-electron chi connectivity index (χ3n) is 13.3. The molecule has 2 saturated heterocycles. The van der Waals surface area contributed by atoms with Gasteiger partial charge in [-0.25, -0.2) is 33.3 Å². The van der Waals surface area contributed by atoms with Gasteiger partial charge in [-0.15, -0.1) is 10.2 Å². The highest BCUT2D eigenvalue weighted by molar-refractivity contribution is 6.12. The van der Waals surface area contributed by atoms with Gasteiger partial charge in [-0.2, -0.15) is 0 Å². The van der Waals surface area contributed by atoms with Gasteiger partial charge in [0.1, 0.15) is 37.5 Å². The van der Waals surface area contributed by atoms with Crippen LogP contribution in [0.1, 0.15) is 63.2 Å². The van der Waals surface area contributed by atoms with Crippen molar-refractivity contribution in [2.75, 3.05) is 26.3 Å². The number of carbonyl (C=O) groups excluding carboxylic acids is 5. The Hall–Kier alpha value is -9.79. The van der Waals surface area contributed by atoms with Crippen molar-refractivity contribution in [2.45, 2.75) is 87.4 Å². The number of ether oxygens (including phenoxy) is 10. The molecular weight excluding hydrogens is 1100 g/mol. The normalized spacial score (nSPS) is 21.6. The van der Waals surface area contributed by atoms with Crippen LogP contribution in [0.15, 0.2) is 174 Å². The smallest absolute Gasteiger partial charge is 0.338 e. The van der Waals surface area contributed by atoms with Crippen molar-refractivity contribution in [1.29, 1.82) is 0 Å². The summed E-state index contributed by atoms with van der Waals surface area (Å²) in [5.41, 5.74) is 20.3. The lowest BCUT2D eigenvalue weighted by molar-refractivity contribution is -0.295. The molecule has 28 heteroatoms. The summed E-state index contributed by atoms with van der Waals surface area (Å²) in [5, 5.41) is 24.2. The summed E-state index contributed by atoms with van der Waals surface area (Å²) < 4.78 is 64.0. The molecular formula is C57H55BN12O15. The molecule has 5 aromatic carbocycles. The van der Waals surface area contributed by atoms with Gasteiger partial charge in [0.25, 0.3) is 0 Å². The van der Waals surface area contributed by atoms with Crippen molar-refractivity contribution in [3.05, 3.63) is 224 Å². The summed E-state index contributed by atoms with van der Waals surface area (Å²) in [6.45, 7) is -0.0938. The third kappa shape index (κ3) is 16.3. The van der Waals surface area contributed by atoms with E-state index < -0.39 is 97.5 Å². The summed E-state index contributed by atoms with van der Waals surface area (Å²) in [5.74, 6) is -4.59. The Labute approximate surface area is 485 Å². The number of nitrogens with zero attached hydrogens (tertiary/aromatic N) is 12. The van der Waals surface area contributed by atoms with E-state index >= 15 is 0 Å². The van der Waals surface area contributed by atoms with Crippen molar-refractivity contribution >= 4 is 37.7 Å². The third-order valence-corrected chi connectivity index (χ3v) is 13.3. The minimum Gasteiger partial charge on any atom is -0.455 e. The largest absolute Gasteiger partial charge is 0.455 e. The van der Waals surface area contributed by atoms with Gasteiger partial charge in [0.2, 0.25) is 0 Å². The van der Waals surface area contributed by atoms with E-state index in [1.807, 2.05) is 0 Å². The number of esters is 5. The van der Waals surface area contributed by atoms with Crippen LogP contribution in [0.3, 0.4) is 0 Å². The van der Waals surface area contributed by atoms with Gasteiger partial charge >= 0.3 is 29.8 Å².